The molecule has 0 aliphatic rings. The lowest BCUT2D eigenvalue weighted by Gasteiger charge is -2.10. The van der Waals surface area contributed by atoms with Gasteiger partial charge in [0.05, 0.1) is 17.8 Å². The maximum atomic E-state index is 13.0. The highest BCUT2D eigenvalue weighted by atomic mass is 35.5. The van der Waals surface area contributed by atoms with E-state index in [4.69, 9.17) is 21.4 Å². The van der Waals surface area contributed by atoms with Gasteiger partial charge < -0.3 is 9.84 Å². The molecular weight excluding hydrogens is 474 g/mol. The van der Waals surface area contributed by atoms with Crippen LogP contribution in [0.15, 0.2) is 81.4 Å². The predicted molar refractivity (Wildman–Crippen MR) is 128 cm³/mol. The molecule has 11 heteroatoms. The van der Waals surface area contributed by atoms with Crippen molar-refractivity contribution >= 4 is 23.3 Å². The minimum atomic E-state index is -1.08. The average Bonchev–Trinajstić information content (AvgIpc) is 2.84. The van der Waals surface area contributed by atoms with E-state index in [0.29, 0.717) is 16.5 Å². The van der Waals surface area contributed by atoms with Crippen LogP contribution in [0.25, 0.3) is 0 Å². The third-order valence-electron chi connectivity index (χ3n) is 5.03. The van der Waals surface area contributed by atoms with Crippen molar-refractivity contribution in [3.05, 3.63) is 110 Å². The van der Waals surface area contributed by atoms with Crippen LogP contribution in [0.1, 0.15) is 22.8 Å². The number of aromatic carboxylic acids is 1. The monoisotopic (exact) mass is 493 g/mol. The van der Waals surface area contributed by atoms with Crippen LogP contribution >= 0.6 is 11.6 Å². The number of H-pyrrole nitrogens is 1. The molecule has 0 saturated heterocycles. The summed E-state index contributed by atoms with van der Waals surface area (Å²) in [6.07, 6.45) is 1.20. The smallest absolute Gasteiger partial charge is 0.337 e. The molecule has 10 nitrogen and oxygen atoms in total. The number of aromatic nitrogens is 4. The minimum Gasteiger partial charge on any atom is -0.478 e. The van der Waals surface area contributed by atoms with Crippen molar-refractivity contribution in [1.29, 1.82) is 0 Å². The van der Waals surface area contributed by atoms with Crippen molar-refractivity contribution in [2.45, 2.75) is 20.0 Å². The molecule has 2 N–H and O–H groups in total. The minimum absolute atomic E-state index is 0.0531. The molecule has 0 aliphatic carbocycles. The lowest BCUT2D eigenvalue weighted by atomic mass is 10.2. The fraction of sp³-hybridized carbons (Fsp3) is 0.125. The van der Waals surface area contributed by atoms with E-state index in [9.17, 15) is 14.4 Å². The van der Waals surface area contributed by atoms with Crippen LogP contribution in [0.2, 0.25) is 5.02 Å². The Kier molecular flexibility index (Phi) is 6.93. The van der Waals surface area contributed by atoms with Gasteiger partial charge >= 0.3 is 17.3 Å². The standard InChI is InChI=1S/C24H20ClN5O5/c1-2-29-23(33)28-22(30(24(29)34)14-15-3-6-17(25)7-4-15)27-18-8-10-19(11-9-18)35-20-12-5-16(13-26-20)21(31)32/h3-13H,2,14H2,1H3,(H,31,32)(H,27,28,33). The Morgan fingerprint density at radius 3 is 2.37 bits per heavy atom. The zero-order chi connectivity index (χ0) is 24.9. The van der Waals surface area contributed by atoms with Crippen LogP contribution in [0.3, 0.4) is 0 Å². The van der Waals surface area contributed by atoms with E-state index in [0.717, 1.165) is 10.1 Å². The number of pyridine rings is 1. The van der Waals surface area contributed by atoms with Crippen molar-refractivity contribution in [3.63, 3.8) is 0 Å². The number of rotatable bonds is 7. The van der Waals surface area contributed by atoms with Gasteiger partial charge in [0.25, 0.3) is 0 Å². The summed E-state index contributed by atoms with van der Waals surface area (Å²) in [5, 5.41) is 9.53. The number of ether oxygens (including phenoxy) is 1. The average molecular weight is 494 g/mol. The lowest BCUT2D eigenvalue weighted by Crippen LogP contribution is -2.49. The highest BCUT2D eigenvalue weighted by Crippen LogP contribution is 2.22. The molecule has 0 radical (unpaired) electrons. The number of hydrogen-bond acceptors (Lipinski definition) is 6. The lowest BCUT2D eigenvalue weighted by molar-refractivity contribution is 0.0696. The summed E-state index contributed by atoms with van der Waals surface area (Å²) in [5.41, 5.74) is 0.394. The van der Waals surface area contributed by atoms with Gasteiger partial charge in [-0.2, -0.15) is 0 Å². The molecule has 35 heavy (non-hydrogen) atoms. The first-order valence-electron chi connectivity index (χ1n) is 10.5. The van der Waals surface area contributed by atoms with Gasteiger partial charge in [0.2, 0.25) is 11.5 Å². The molecule has 0 atom stereocenters. The maximum absolute atomic E-state index is 13.0. The second kappa shape index (κ2) is 10.2. The first-order valence-corrected chi connectivity index (χ1v) is 10.9. The summed E-state index contributed by atoms with van der Waals surface area (Å²) in [5.74, 6) is -0.399. The Morgan fingerprint density at radius 1 is 1.06 bits per heavy atom. The van der Waals surface area contributed by atoms with Gasteiger partial charge in [-0.25, -0.2) is 28.9 Å². The highest BCUT2D eigenvalue weighted by molar-refractivity contribution is 6.30. The Labute approximate surface area is 203 Å². The normalized spacial score (nSPS) is 11.4. The number of carbonyl (C=O) groups is 1. The number of carboxylic acids is 1. The van der Waals surface area contributed by atoms with Crippen LogP contribution in [0.5, 0.6) is 11.6 Å². The van der Waals surface area contributed by atoms with Crippen molar-refractivity contribution in [3.8, 4) is 11.6 Å². The van der Waals surface area contributed by atoms with Gasteiger partial charge in [-0.3, -0.25) is 9.55 Å². The van der Waals surface area contributed by atoms with Crippen LogP contribution in [0.4, 0.5) is 5.69 Å². The first-order chi connectivity index (χ1) is 16.8. The summed E-state index contributed by atoms with van der Waals surface area (Å²) in [6, 6.07) is 16.5. The van der Waals surface area contributed by atoms with E-state index in [-0.39, 0.29) is 30.2 Å². The van der Waals surface area contributed by atoms with Crippen molar-refractivity contribution in [1.82, 2.24) is 19.1 Å². The molecule has 0 fully saturated rings. The third kappa shape index (κ3) is 5.56. The summed E-state index contributed by atoms with van der Waals surface area (Å²) in [7, 11) is 0. The van der Waals surface area contributed by atoms with Crippen LogP contribution in [-0.4, -0.2) is 30.2 Å². The van der Waals surface area contributed by atoms with Gasteiger partial charge in [-0.15, -0.1) is 0 Å². The number of nitrogens with one attached hydrogen (secondary N) is 1. The van der Waals surface area contributed by atoms with E-state index < -0.39 is 17.3 Å². The molecule has 2 aromatic carbocycles. The summed E-state index contributed by atoms with van der Waals surface area (Å²) in [6.45, 7) is 2.11. The fourth-order valence-electron chi connectivity index (χ4n) is 3.23. The molecule has 0 unspecified atom stereocenters. The summed E-state index contributed by atoms with van der Waals surface area (Å²) in [4.78, 5) is 47.4. The van der Waals surface area contributed by atoms with Crippen LogP contribution < -0.4 is 21.7 Å². The van der Waals surface area contributed by atoms with Gasteiger partial charge in [-0.1, -0.05) is 23.7 Å². The largest absolute Gasteiger partial charge is 0.478 e. The van der Waals surface area contributed by atoms with E-state index in [1.807, 2.05) is 0 Å². The zero-order valence-electron chi connectivity index (χ0n) is 18.5. The van der Waals surface area contributed by atoms with E-state index in [1.165, 1.54) is 22.9 Å². The van der Waals surface area contributed by atoms with Crippen LogP contribution in [-0.2, 0) is 13.1 Å². The Morgan fingerprint density at radius 2 is 1.77 bits per heavy atom. The molecule has 0 saturated carbocycles. The molecule has 4 rings (SSSR count). The Balaban J connectivity index is 1.66. The van der Waals surface area contributed by atoms with Gasteiger partial charge in [0.15, 0.2) is 0 Å². The van der Waals surface area contributed by atoms with Crippen molar-refractivity contribution < 1.29 is 14.6 Å². The van der Waals surface area contributed by atoms with E-state index >= 15 is 0 Å². The molecule has 0 amide bonds. The summed E-state index contributed by atoms with van der Waals surface area (Å²) >= 11 is 5.96. The first kappa shape index (κ1) is 23.7. The second-order valence-corrected chi connectivity index (χ2v) is 7.83. The number of benzene rings is 2. The fourth-order valence-corrected chi connectivity index (χ4v) is 3.36. The Hall–Kier alpha value is -4.44. The molecule has 2 heterocycles. The molecule has 4 aromatic rings. The predicted octanol–water partition coefficient (Wildman–Crippen LogP) is 3.18. The molecule has 0 aliphatic heterocycles. The number of aromatic amines is 1. The number of nitrogens with zero attached hydrogens (tertiary/aromatic N) is 4. The summed E-state index contributed by atoms with van der Waals surface area (Å²) < 4.78 is 8.10. The molecule has 0 spiro atoms. The molecule has 178 valence electrons. The van der Waals surface area contributed by atoms with Crippen LogP contribution in [0, 0.1) is 0 Å². The van der Waals surface area contributed by atoms with E-state index in [1.54, 1.807) is 55.5 Å². The molecule has 0 bridgehead atoms. The number of carboxylic acid groups (broad SMARTS) is 1. The van der Waals surface area contributed by atoms with Gasteiger partial charge in [0, 0.05) is 23.8 Å². The van der Waals surface area contributed by atoms with E-state index in [2.05, 4.69) is 15.0 Å². The second-order valence-electron chi connectivity index (χ2n) is 7.39. The van der Waals surface area contributed by atoms with Gasteiger partial charge in [-0.05, 0) is 55.0 Å². The maximum Gasteiger partial charge on any atom is 0.337 e. The Bertz CT molecular complexity index is 1540. The highest BCUT2D eigenvalue weighted by Gasteiger charge is 2.09. The number of halogens is 1. The van der Waals surface area contributed by atoms with Crippen molar-refractivity contribution in [2.75, 3.05) is 0 Å². The quantitative estimate of drug-likeness (QED) is 0.406. The number of hydrogen-bond donors (Lipinski definition) is 2. The molecule has 2 aromatic heterocycles. The zero-order valence-corrected chi connectivity index (χ0v) is 19.3. The SMILES string of the molecule is CCn1c(=O)[nH]/c(=N\c2ccc(Oc3ccc(C(=O)O)cn3)cc2)n(Cc2ccc(Cl)cc2)c1=O. The molecular formula is C24H20ClN5O5. The third-order valence-corrected chi connectivity index (χ3v) is 5.28. The van der Waals surface area contributed by atoms with Crippen molar-refractivity contribution in [2.24, 2.45) is 4.99 Å². The van der Waals surface area contributed by atoms with Gasteiger partial charge in [0.1, 0.15) is 5.75 Å². The topological polar surface area (TPSA) is 132 Å².